The second kappa shape index (κ2) is 5.97. The molecule has 0 aliphatic rings. The van der Waals surface area contributed by atoms with E-state index in [0.717, 1.165) is 32.1 Å². The van der Waals surface area contributed by atoms with Crippen LogP contribution in [0.5, 0.6) is 0 Å². The number of hydrogen-bond acceptors (Lipinski definition) is 2. The maximum absolute atomic E-state index is 11.3. The van der Waals surface area contributed by atoms with Gasteiger partial charge in [0, 0.05) is 22.6 Å². The summed E-state index contributed by atoms with van der Waals surface area (Å²) in [5.41, 5.74) is 0. The van der Waals surface area contributed by atoms with Gasteiger partial charge < -0.3 is 0 Å². The van der Waals surface area contributed by atoms with E-state index in [2.05, 4.69) is 26.0 Å². The van der Waals surface area contributed by atoms with Crippen molar-refractivity contribution in [3.05, 3.63) is 21.9 Å². The van der Waals surface area contributed by atoms with Gasteiger partial charge in [0.1, 0.15) is 5.78 Å². The lowest BCUT2D eigenvalue weighted by molar-refractivity contribution is -0.119. The van der Waals surface area contributed by atoms with E-state index in [4.69, 9.17) is 0 Å². The SMILES string of the molecule is CCCC(=O)CCc1ccc(CC)s1. The van der Waals surface area contributed by atoms with Crippen molar-refractivity contribution in [1.82, 2.24) is 0 Å². The topological polar surface area (TPSA) is 17.1 Å². The number of carbonyl (C=O) groups is 1. The first-order valence-electron chi connectivity index (χ1n) is 5.35. The molecule has 0 aliphatic heterocycles. The second-order valence-electron chi connectivity index (χ2n) is 3.51. The Bertz CT molecular complexity index is 288. The molecule has 2 heteroatoms. The van der Waals surface area contributed by atoms with Gasteiger partial charge in [-0.05, 0) is 31.4 Å². The lowest BCUT2D eigenvalue weighted by atomic mass is 10.1. The van der Waals surface area contributed by atoms with E-state index in [0.29, 0.717) is 5.78 Å². The molecule has 0 spiro atoms. The Labute approximate surface area is 90.2 Å². The summed E-state index contributed by atoms with van der Waals surface area (Å²) >= 11 is 1.84. The fourth-order valence-corrected chi connectivity index (χ4v) is 2.37. The summed E-state index contributed by atoms with van der Waals surface area (Å²) in [4.78, 5) is 14.1. The van der Waals surface area contributed by atoms with Crippen LogP contribution in [0.3, 0.4) is 0 Å². The second-order valence-corrected chi connectivity index (χ2v) is 4.76. The molecule has 0 radical (unpaired) electrons. The summed E-state index contributed by atoms with van der Waals surface area (Å²) < 4.78 is 0. The van der Waals surface area contributed by atoms with Crippen LogP contribution in [0.25, 0.3) is 0 Å². The molecular formula is C12H18OS. The third-order valence-electron chi connectivity index (χ3n) is 2.24. The molecular weight excluding hydrogens is 192 g/mol. The van der Waals surface area contributed by atoms with Gasteiger partial charge in [-0.25, -0.2) is 0 Å². The summed E-state index contributed by atoms with van der Waals surface area (Å²) in [6.07, 6.45) is 4.48. The molecule has 14 heavy (non-hydrogen) atoms. The Kier molecular flexibility index (Phi) is 4.88. The van der Waals surface area contributed by atoms with E-state index >= 15 is 0 Å². The van der Waals surface area contributed by atoms with Crippen LogP contribution in [0.15, 0.2) is 12.1 Å². The molecule has 0 aromatic carbocycles. The van der Waals surface area contributed by atoms with E-state index in [1.807, 2.05) is 11.3 Å². The number of thiophene rings is 1. The Hall–Kier alpha value is -0.630. The fourth-order valence-electron chi connectivity index (χ4n) is 1.41. The first kappa shape index (κ1) is 11.4. The molecule has 78 valence electrons. The number of aryl methyl sites for hydroxylation is 2. The van der Waals surface area contributed by atoms with Crippen molar-refractivity contribution >= 4 is 17.1 Å². The Morgan fingerprint density at radius 3 is 2.50 bits per heavy atom. The quantitative estimate of drug-likeness (QED) is 0.701. The monoisotopic (exact) mass is 210 g/mol. The third-order valence-corrected chi connectivity index (χ3v) is 3.53. The molecule has 0 fully saturated rings. The summed E-state index contributed by atoms with van der Waals surface area (Å²) in [6.45, 7) is 4.22. The zero-order valence-corrected chi connectivity index (χ0v) is 9.82. The van der Waals surface area contributed by atoms with Crippen molar-refractivity contribution in [3.63, 3.8) is 0 Å². The fraction of sp³-hybridized carbons (Fsp3) is 0.583. The summed E-state index contributed by atoms with van der Waals surface area (Å²) in [5.74, 6) is 0.402. The highest BCUT2D eigenvalue weighted by atomic mass is 32.1. The number of Topliss-reactive ketones (excluding diaryl/α,β-unsaturated/α-hetero) is 1. The molecule has 0 saturated carbocycles. The maximum Gasteiger partial charge on any atom is 0.133 e. The molecule has 0 N–H and O–H groups in total. The van der Waals surface area contributed by atoms with Gasteiger partial charge in [-0.15, -0.1) is 11.3 Å². The molecule has 0 atom stereocenters. The predicted molar refractivity (Wildman–Crippen MR) is 61.9 cm³/mol. The van der Waals surface area contributed by atoms with E-state index in [1.54, 1.807) is 0 Å². The average Bonchev–Trinajstić information content (AvgIpc) is 2.63. The van der Waals surface area contributed by atoms with Gasteiger partial charge in [-0.3, -0.25) is 4.79 Å². The predicted octanol–water partition coefficient (Wildman–Crippen LogP) is 3.61. The van der Waals surface area contributed by atoms with Crippen LogP contribution in [-0.2, 0) is 17.6 Å². The zero-order chi connectivity index (χ0) is 10.4. The number of ketones is 1. The van der Waals surface area contributed by atoms with Gasteiger partial charge >= 0.3 is 0 Å². The van der Waals surface area contributed by atoms with E-state index in [1.165, 1.54) is 9.75 Å². The molecule has 1 rings (SSSR count). The van der Waals surface area contributed by atoms with E-state index in [9.17, 15) is 4.79 Å². The normalized spacial score (nSPS) is 10.4. The van der Waals surface area contributed by atoms with E-state index in [-0.39, 0.29) is 0 Å². The Morgan fingerprint density at radius 2 is 1.93 bits per heavy atom. The molecule has 0 bridgehead atoms. The lowest BCUT2D eigenvalue weighted by Crippen LogP contribution is -1.97. The van der Waals surface area contributed by atoms with Crippen molar-refractivity contribution in [1.29, 1.82) is 0 Å². The van der Waals surface area contributed by atoms with Gasteiger partial charge in [0.05, 0.1) is 0 Å². The minimum atomic E-state index is 0.402. The summed E-state index contributed by atoms with van der Waals surface area (Å²) in [6, 6.07) is 4.33. The number of hydrogen-bond donors (Lipinski definition) is 0. The van der Waals surface area contributed by atoms with Crippen LogP contribution in [-0.4, -0.2) is 5.78 Å². The van der Waals surface area contributed by atoms with Gasteiger partial charge in [0.2, 0.25) is 0 Å². The molecule has 1 aromatic rings. The van der Waals surface area contributed by atoms with Crippen LogP contribution in [0.4, 0.5) is 0 Å². The molecule has 1 aromatic heterocycles. The molecule has 1 nitrogen and oxygen atoms in total. The van der Waals surface area contributed by atoms with Crippen LogP contribution in [0.1, 0.15) is 42.9 Å². The molecule has 0 unspecified atom stereocenters. The number of carbonyl (C=O) groups excluding carboxylic acids is 1. The largest absolute Gasteiger partial charge is 0.300 e. The maximum atomic E-state index is 11.3. The first-order valence-corrected chi connectivity index (χ1v) is 6.17. The lowest BCUT2D eigenvalue weighted by Gasteiger charge is -1.96. The summed E-state index contributed by atoms with van der Waals surface area (Å²) in [7, 11) is 0. The van der Waals surface area contributed by atoms with Crippen molar-refractivity contribution in [2.45, 2.75) is 46.0 Å². The molecule has 1 heterocycles. The minimum Gasteiger partial charge on any atom is -0.300 e. The Balaban J connectivity index is 2.34. The highest BCUT2D eigenvalue weighted by Gasteiger charge is 2.03. The molecule has 0 amide bonds. The van der Waals surface area contributed by atoms with Gasteiger partial charge in [0.15, 0.2) is 0 Å². The Morgan fingerprint density at radius 1 is 1.21 bits per heavy atom. The molecule has 0 saturated heterocycles. The minimum absolute atomic E-state index is 0.402. The highest BCUT2D eigenvalue weighted by Crippen LogP contribution is 2.18. The summed E-state index contributed by atoms with van der Waals surface area (Å²) in [5, 5.41) is 0. The van der Waals surface area contributed by atoms with Crippen molar-refractivity contribution in [3.8, 4) is 0 Å². The first-order chi connectivity index (χ1) is 6.76. The van der Waals surface area contributed by atoms with E-state index < -0.39 is 0 Å². The van der Waals surface area contributed by atoms with Crippen LogP contribution in [0.2, 0.25) is 0 Å². The van der Waals surface area contributed by atoms with Gasteiger partial charge in [0.25, 0.3) is 0 Å². The van der Waals surface area contributed by atoms with Gasteiger partial charge in [-0.1, -0.05) is 13.8 Å². The van der Waals surface area contributed by atoms with Crippen molar-refractivity contribution in [2.24, 2.45) is 0 Å². The number of rotatable bonds is 6. The van der Waals surface area contributed by atoms with Gasteiger partial charge in [-0.2, -0.15) is 0 Å². The molecule has 0 aliphatic carbocycles. The van der Waals surface area contributed by atoms with Crippen LogP contribution < -0.4 is 0 Å². The standard InChI is InChI=1S/C12H18OS/c1-3-5-10(13)6-7-12-9-8-11(4-2)14-12/h8-9H,3-7H2,1-2H3. The smallest absolute Gasteiger partial charge is 0.133 e. The van der Waals surface area contributed by atoms with Crippen LogP contribution in [0, 0.1) is 0 Å². The van der Waals surface area contributed by atoms with Crippen LogP contribution >= 0.6 is 11.3 Å². The third kappa shape index (κ3) is 3.62. The average molecular weight is 210 g/mol. The van der Waals surface area contributed by atoms with Crippen molar-refractivity contribution in [2.75, 3.05) is 0 Å². The highest BCUT2D eigenvalue weighted by molar-refractivity contribution is 7.11. The zero-order valence-electron chi connectivity index (χ0n) is 9.01. The van der Waals surface area contributed by atoms with Crippen molar-refractivity contribution < 1.29 is 4.79 Å².